The van der Waals surface area contributed by atoms with Crippen LogP contribution in [0.3, 0.4) is 0 Å². The predicted molar refractivity (Wildman–Crippen MR) is 495 cm³/mol. The zero-order chi connectivity index (χ0) is 97.0. The predicted octanol–water partition coefficient (Wildman–Crippen LogP) is -1.34. The third-order valence-electron chi connectivity index (χ3n) is 22.0. The van der Waals surface area contributed by atoms with Crippen LogP contribution in [0.4, 0.5) is 0 Å². The highest BCUT2D eigenvalue weighted by atomic mass is 33.1. The number of amides is 17. The lowest BCUT2D eigenvalue weighted by Crippen LogP contribution is -2.65. The molecule has 0 bridgehead atoms. The van der Waals surface area contributed by atoms with E-state index in [1.807, 2.05) is 31.2 Å². The molecule has 0 unspecified atom stereocenters. The lowest BCUT2D eigenvalue weighted by Gasteiger charge is -2.39. The van der Waals surface area contributed by atoms with E-state index >= 15 is 28.8 Å². The zero-order valence-corrected chi connectivity index (χ0v) is 77.6. The Balaban J connectivity index is 1.54. The lowest BCUT2D eigenvalue weighted by atomic mass is 9.91. The quantitative estimate of drug-likeness (QED) is 0.0158. The number of aliphatic hydroxyl groups is 1. The number of nitrogens with two attached hydrogens (primary N) is 6. The molecule has 28 N–H and O–H groups in total. The second kappa shape index (κ2) is 52.2. The maximum absolute atomic E-state index is 16.4. The molecular weight excluding hydrogens is 1730 g/mol. The number of unbranched alkanes of at least 4 members (excludes halogenated alkanes) is 4. The summed E-state index contributed by atoms with van der Waals surface area (Å²) >= 11 is 0. The van der Waals surface area contributed by atoms with Crippen LogP contribution in [-0.2, 0) is 101 Å². The number of aromatic amines is 1. The van der Waals surface area contributed by atoms with Gasteiger partial charge in [-0.15, -0.1) is 0 Å². The largest absolute Gasteiger partial charge is 0.492 e. The molecule has 42 heteroatoms. The van der Waals surface area contributed by atoms with Crippen LogP contribution in [0.5, 0.6) is 5.75 Å². The zero-order valence-electron chi connectivity index (χ0n) is 75.9. The van der Waals surface area contributed by atoms with Crippen LogP contribution < -0.4 is 114 Å². The summed E-state index contributed by atoms with van der Waals surface area (Å²) in [5.74, 6) is -15.7. The Kier molecular flexibility index (Phi) is 42.9. The van der Waals surface area contributed by atoms with Crippen molar-refractivity contribution in [2.24, 2.45) is 34.4 Å². The van der Waals surface area contributed by atoms with Gasteiger partial charge in [-0.05, 0) is 184 Å². The van der Waals surface area contributed by atoms with Gasteiger partial charge < -0.3 is 124 Å². The monoisotopic (exact) mass is 1860 g/mol. The van der Waals surface area contributed by atoms with E-state index in [4.69, 9.17) is 39.1 Å². The number of nitrogens with one attached hydrogen (secondary N) is 15. The molecule has 5 aromatic rings. The Bertz CT molecular complexity index is 4840. The topological polar surface area (TPSA) is 660 Å². The summed E-state index contributed by atoms with van der Waals surface area (Å²) in [5.41, 5.74) is 35.2. The molecule has 0 radical (unpaired) electrons. The number of aliphatic hydroxyl groups excluding tert-OH is 1. The first-order valence-corrected chi connectivity index (χ1v) is 45.9. The van der Waals surface area contributed by atoms with Crippen molar-refractivity contribution in [3.63, 3.8) is 0 Å². The average molecular weight is 1860 g/mol. The van der Waals surface area contributed by atoms with Gasteiger partial charge in [0, 0.05) is 86.3 Å². The Morgan fingerprint density at radius 1 is 0.542 bits per heavy atom. The van der Waals surface area contributed by atoms with Crippen molar-refractivity contribution in [2.45, 2.75) is 266 Å². The molecule has 0 spiro atoms. The summed E-state index contributed by atoms with van der Waals surface area (Å²) in [4.78, 5) is 247. The van der Waals surface area contributed by atoms with Crippen LogP contribution in [0.25, 0.3) is 21.7 Å². The standard InChI is InChI=1S/C89H131N21O19S2/c1-49-22-21-25-60-58(48-98-71(49)60)45-66-79(121)101-62(27-14-19-39-96-51(3)112)77(119)109-74(88(8,9)131-130-87(6,7)73(99-53(5)114)84(126)106-68(47-70(94)116)81(123)108-72(50(2)111)83(125)104-66)85(127)105-64(43-54-30-33-59(34-31-54)129-41-38-92)78(120)102-65(44-55-29-32-56-23-11-12-24-57(56)42-55)82(124)110-89(10,35-16-18-37-91)86(128)107-63(28-15-20-40-97-52(4)113)76(118)103-67(46-69(93)115)80(122)100-61(75(95)117)26-13-17-36-90/h11-12,21-25,29-34,42,48,50,61-68,72-74,98,111H,13-20,26-28,35-41,43-47,90-92H2,1-10H3,(H2,93,115)(H2,94,116)(H2,95,117)(H,96,112)(H,97,113)(H,99,114)(H,100,122)(H,101,121)(H,102,120)(H,103,118)(H,104,125)(H,105,127)(H,106,126)(H,107,128)(H,108,123)(H,109,119)(H,110,124)/t50-,61-,62+,63+,64+,65+,66+,67+,68+,72+,73-,74-,89+/m1/s1. The van der Waals surface area contributed by atoms with E-state index in [9.17, 15) is 57.8 Å². The van der Waals surface area contributed by atoms with E-state index in [1.54, 1.807) is 66.9 Å². The molecule has 17 amide bonds. The minimum atomic E-state index is -2.03. The number of carbonyl (C=O) groups excluding carboxylic acids is 17. The van der Waals surface area contributed by atoms with E-state index in [-0.39, 0.29) is 128 Å². The number of hydrogen-bond donors (Lipinski definition) is 22. The molecular formula is C89H131N21O19S2. The van der Waals surface area contributed by atoms with Gasteiger partial charge in [-0.1, -0.05) is 94.4 Å². The molecule has 2 heterocycles. The number of fused-ring (bicyclic) bond motifs is 2. The van der Waals surface area contributed by atoms with Gasteiger partial charge >= 0.3 is 0 Å². The van der Waals surface area contributed by atoms with Crippen molar-refractivity contribution < 1.29 is 91.4 Å². The smallest absolute Gasteiger partial charge is 0.246 e. The Labute approximate surface area is 769 Å². The van der Waals surface area contributed by atoms with Gasteiger partial charge in [0.05, 0.1) is 18.9 Å². The fourth-order valence-corrected chi connectivity index (χ4v) is 17.5. The summed E-state index contributed by atoms with van der Waals surface area (Å²) in [6.45, 7) is 15.1. The van der Waals surface area contributed by atoms with Crippen LogP contribution in [0.1, 0.15) is 174 Å². The van der Waals surface area contributed by atoms with Crippen molar-refractivity contribution in [2.75, 3.05) is 39.3 Å². The van der Waals surface area contributed by atoms with Crippen LogP contribution >= 0.6 is 21.6 Å². The number of hydrogen-bond acceptors (Lipinski definition) is 24. The van der Waals surface area contributed by atoms with Gasteiger partial charge in [0.15, 0.2) is 0 Å². The Hall–Kier alpha value is -12.0. The molecule has 1 aliphatic rings. The number of aryl methyl sites for hydroxylation is 1. The van der Waals surface area contributed by atoms with Crippen LogP contribution in [0.2, 0.25) is 0 Å². The van der Waals surface area contributed by atoms with Crippen LogP contribution in [0.15, 0.2) is 91.1 Å². The molecule has 1 aliphatic heterocycles. The third-order valence-corrected chi connectivity index (χ3v) is 26.2. The number of H-pyrrole nitrogens is 1. The molecule has 131 heavy (non-hydrogen) atoms. The molecule has 13 atom stereocenters. The van der Waals surface area contributed by atoms with Gasteiger partial charge in [0.25, 0.3) is 0 Å². The molecule has 0 aliphatic carbocycles. The third kappa shape index (κ3) is 34.7. The summed E-state index contributed by atoms with van der Waals surface area (Å²) in [7, 11) is 1.81. The number of aromatic nitrogens is 1. The minimum Gasteiger partial charge on any atom is -0.492 e. The second-order valence-electron chi connectivity index (χ2n) is 34.1. The molecule has 718 valence electrons. The number of rotatable bonds is 46. The highest BCUT2D eigenvalue weighted by molar-refractivity contribution is 8.77. The van der Waals surface area contributed by atoms with E-state index in [0.29, 0.717) is 58.0 Å². The van der Waals surface area contributed by atoms with Crippen molar-refractivity contribution >= 4 is 144 Å². The summed E-state index contributed by atoms with van der Waals surface area (Å²) < 4.78 is 2.58. The van der Waals surface area contributed by atoms with Crippen LogP contribution in [0, 0.1) is 6.92 Å². The SMILES string of the molecule is CC(=O)NCCCC[C@@H]1NC(=O)[C@H](Cc2c[nH]c3c(C)cccc23)NC(=O)[C@H]([C@@H](C)O)NC(=O)[C@H](CC(N)=O)NC(=O)[C@@H](NC(C)=O)C(C)(C)SSC(C)(C)[C@@H](C(=O)N[C@@H](Cc2ccc(OCCN)cc2)C(=O)N[C@@H](Cc2ccc3ccccc3c2)C(=O)N[C@@](C)(CCCCN)C(=O)N[C@@H](CCCCNC(C)=O)C(=O)N[C@@H](CC(N)=O)C(=O)N[C@H](CCCCN)C(N)=O)NC1=O. The maximum atomic E-state index is 16.4. The van der Waals surface area contributed by atoms with Gasteiger partial charge in [-0.25, -0.2) is 0 Å². The van der Waals surface area contributed by atoms with Crippen LogP contribution in [-0.4, -0.2) is 237 Å². The summed E-state index contributed by atoms with van der Waals surface area (Å²) in [5, 5.41) is 50.9. The summed E-state index contributed by atoms with van der Waals surface area (Å²) in [6.07, 6.45) is -1.31. The molecule has 1 aromatic heterocycles. The molecule has 4 aromatic carbocycles. The second-order valence-corrected chi connectivity index (χ2v) is 37.5. The fourth-order valence-electron chi connectivity index (χ4n) is 14.6. The average Bonchev–Trinajstić information content (AvgIpc) is 1.11. The number of carbonyl (C=O) groups is 17. The first-order valence-electron chi connectivity index (χ1n) is 43.8. The first kappa shape index (κ1) is 108. The maximum Gasteiger partial charge on any atom is 0.246 e. The normalized spacial score (nSPS) is 19.2. The number of ether oxygens (including phenoxy) is 1. The lowest BCUT2D eigenvalue weighted by molar-refractivity contribution is -0.138. The minimum absolute atomic E-state index is 0.0549. The first-order chi connectivity index (χ1) is 61.9. The number of benzene rings is 4. The van der Waals surface area contributed by atoms with Crippen molar-refractivity contribution in [3.05, 3.63) is 113 Å². The molecule has 1 fully saturated rings. The van der Waals surface area contributed by atoms with E-state index in [1.165, 1.54) is 48.5 Å². The van der Waals surface area contributed by atoms with E-state index in [2.05, 4.69) is 79.4 Å². The molecule has 6 rings (SSSR count). The Morgan fingerprint density at radius 3 is 1.73 bits per heavy atom. The molecule has 40 nitrogen and oxygen atoms in total. The van der Waals surface area contributed by atoms with Gasteiger partial charge in [0.1, 0.15) is 84.4 Å². The highest BCUT2D eigenvalue weighted by Crippen LogP contribution is 2.47. The molecule has 1 saturated heterocycles. The fraction of sp³-hybridized carbons (Fsp3) is 0.539. The van der Waals surface area contributed by atoms with E-state index in [0.717, 1.165) is 46.4 Å². The highest BCUT2D eigenvalue weighted by Gasteiger charge is 2.47. The van der Waals surface area contributed by atoms with Crippen molar-refractivity contribution in [3.8, 4) is 5.75 Å². The molecule has 0 saturated carbocycles. The number of para-hydroxylation sites is 1. The van der Waals surface area contributed by atoms with Crippen molar-refractivity contribution in [1.82, 2.24) is 79.4 Å². The summed E-state index contributed by atoms with van der Waals surface area (Å²) in [6, 6.07) is 5.70. The number of primary amides is 3. The van der Waals surface area contributed by atoms with Gasteiger partial charge in [-0.3, -0.25) is 81.5 Å². The van der Waals surface area contributed by atoms with Gasteiger partial charge in [0.2, 0.25) is 100 Å². The van der Waals surface area contributed by atoms with E-state index < -0.39 is 189 Å². The Morgan fingerprint density at radius 2 is 1.10 bits per heavy atom. The van der Waals surface area contributed by atoms with Crippen molar-refractivity contribution in [1.29, 1.82) is 0 Å². The van der Waals surface area contributed by atoms with Gasteiger partial charge in [-0.2, -0.15) is 0 Å².